The Morgan fingerprint density at radius 1 is 1.56 bits per heavy atom. The van der Waals surface area contributed by atoms with Crippen LogP contribution in [0, 0.1) is 17.0 Å². The summed E-state index contributed by atoms with van der Waals surface area (Å²) in [5.41, 5.74) is 2.38. The second kappa shape index (κ2) is 5.53. The topological polar surface area (TPSA) is 58.4 Å². The lowest BCUT2D eigenvalue weighted by Gasteiger charge is -2.31. The number of nitrogens with one attached hydrogen (secondary N) is 1. The number of aryl methyl sites for hydroxylation is 1. The van der Waals surface area contributed by atoms with Crippen LogP contribution in [-0.2, 0) is 6.54 Å². The van der Waals surface area contributed by atoms with E-state index in [0.29, 0.717) is 12.4 Å². The lowest BCUT2D eigenvalue weighted by molar-refractivity contribution is -0.405. The molecule has 1 heterocycles. The van der Waals surface area contributed by atoms with Gasteiger partial charge in [-0.2, -0.15) is 0 Å². The van der Waals surface area contributed by atoms with Crippen LogP contribution in [0.5, 0.6) is 0 Å². The Morgan fingerprint density at radius 3 is 3.11 bits per heavy atom. The summed E-state index contributed by atoms with van der Waals surface area (Å²) in [7, 11) is 0. The highest BCUT2D eigenvalue weighted by Gasteiger charge is 2.17. The summed E-state index contributed by atoms with van der Waals surface area (Å²) in [6.45, 7) is 4.39. The number of benzene rings is 1. The third-order valence-corrected chi connectivity index (χ3v) is 2.94. The minimum Gasteiger partial charge on any atom is -0.367 e. The Morgan fingerprint density at radius 2 is 2.39 bits per heavy atom. The predicted octanol–water partition coefficient (Wildman–Crippen LogP) is 1.87. The summed E-state index contributed by atoms with van der Waals surface area (Å²) in [5.74, 6) is 0.604. The molecule has 0 radical (unpaired) electrons. The van der Waals surface area contributed by atoms with Crippen molar-refractivity contribution in [2.45, 2.75) is 19.9 Å². The van der Waals surface area contributed by atoms with E-state index in [1.165, 1.54) is 11.1 Å². The van der Waals surface area contributed by atoms with E-state index in [2.05, 4.69) is 11.4 Å². The van der Waals surface area contributed by atoms with Crippen molar-refractivity contribution in [2.24, 2.45) is 0 Å². The Hall–Kier alpha value is -2.04. The molecule has 5 nitrogen and oxygen atoms in total. The van der Waals surface area contributed by atoms with Crippen LogP contribution in [0.4, 0.5) is 0 Å². The molecule has 1 N–H and O–H groups in total. The molecular formula is C13H17N3O2. The van der Waals surface area contributed by atoms with Crippen molar-refractivity contribution in [2.75, 3.05) is 13.1 Å². The van der Waals surface area contributed by atoms with Crippen LogP contribution in [0.3, 0.4) is 0 Å². The molecule has 1 saturated heterocycles. The average Bonchev–Trinajstić information content (AvgIpc) is 2.31. The van der Waals surface area contributed by atoms with Gasteiger partial charge >= 0.3 is 0 Å². The van der Waals surface area contributed by atoms with Gasteiger partial charge < -0.3 is 10.2 Å². The van der Waals surface area contributed by atoms with E-state index in [-0.39, 0.29) is 0 Å². The summed E-state index contributed by atoms with van der Waals surface area (Å²) >= 11 is 0. The summed E-state index contributed by atoms with van der Waals surface area (Å²) in [6.07, 6.45) is 2.05. The van der Waals surface area contributed by atoms with Crippen molar-refractivity contribution in [1.82, 2.24) is 10.2 Å². The molecule has 0 spiro atoms. The third kappa shape index (κ3) is 3.23. The van der Waals surface area contributed by atoms with Gasteiger partial charge in [-0.15, -0.1) is 0 Å². The Bertz CT molecular complexity index is 471. The van der Waals surface area contributed by atoms with E-state index in [0.717, 1.165) is 25.7 Å². The van der Waals surface area contributed by atoms with Gasteiger partial charge in [-0.25, -0.2) is 0 Å². The molecule has 0 amide bonds. The molecule has 1 aromatic rings. The van der Waals surface area contributed by atoms with Gasteiger partial charge in [-0.1, -0.05) is 29.8 Å². The van der Waals surface area contributed by atoms with E-state index < -0.39 is 4.92 Å². The van der Waals surface area contributed by atoms with Crippen LogP contribution < -0.4 is 5.32 Å². The molecule has 0 aromatic heterocycles. The van der Waals surface area contributed by atoms with Gasteiger partial charge in [0, 0.05) is 19.6 Å². The Labute approximate surface area is 106 Å². The van der Waals surface area contributed by atoms with E-state index >= 15 is 0 Å². The SMILES string of the molecule is Cc1cccc(CN2CCCNC2=C[N+](=O)[O-])c1. The molecule has 1 aliphatic rings. The summed E-state index contributed by atoms with van der Waals surface area (Å²) in [5, 5.41) is 13.7. The molecule has 5 heteroatoms. The molecule has 0 atom stereocenters. The predicted molar refractivity (Wildman–Crippen MR) is 69.3 cm³/mol. The van der Waals surface area contributed by atoms with Crippen LogP contribution in [0.15, 0.2) is 36.3 Å². The maximum atomic E-state index is 10.6. The normalized spacial score (nSPS) is 17.6. The van der Waals surface area contributed by atoms with E-state index in [1.807, 2.05) is 30.0 Å². The van der Waals surface area contributed by atoms with Crippen LogP contribution >= 0.6 is 0 Å². The smallest absolute Gasteiger partial charge is 0.274 e. The first-order chi connectivity index (χ1) is 8.65. The van der Waals surface area contributed by atoms with Crippen molar-refractivity contribution in [3.63, 3.8) is 0 Å². The summed E-state index contributed by atoms with van der Waals surface area (Å²) in [4.78, 5) is 12.2. The third-order valence-electron chi connectivity index (χ3n) is 2.94. The van der Waals surface area contributed by atoms with E-state index in [4.69, 9.17) is 0 Å². The number of nitrogens with zero attached hydrogens (tertiary/aromatic N) is 2. The first kappa shape index (κ1) is 12.4. The van der Waals surface area contributed by atoms with E-state index in [9.17, 15) is 10.1 Å². The average molecular weight is 247 g/mol. The molecular weight excluding hydrogens is 230 g/mol. The van der Waals surface area contributed by atoms with Crippen LogP contribution in [0.25, 0.3) is 0 Å². The van der Waals surface area contributed by atoms with Gasteiger partial charge in [0.2, 0.25) is 0 Å². The lowest BCUT2D eigenvalue weighted by Crippen LogP contribution is -2.39. The molecule has 96 valence electrons. The second-order valence-electron chi connectivity index (χ2n) is 4.49. The minimum absolute atomic E-state index is 0.406. The number of rotatable bonds is 3. The fourth-order valence-electron chi connectivity index (χ4n) is 2.14. The standard InChI is InChI=1S/C13H17N3O2/c1-11-4-2-5-12(8-11)9-15-7-3-6-14-13(15)10-16(17)18/h2,4-5,8,10,14H,3,6-7,9H2,1H3. The highest BCUT2D eigenvalue weighted by Crippen LogP contribution is 2.14. The molecule has 1 aliphatic heterocycles. The van der Waals surface area contributed by atoms with Crippen molar-refractivity contribution >= 4 is 0 Å². The molecule has 1 aromatic carbocycles. The highest BCUT2D eigenvalue weighted by molar-refractivity contribution is 5.22. The van der Waals surface area contributed by atoms with E-state index in [1.54, 1.807) is 0 Å². The van der Waals surface area contributed by atoms with Crippen molar-refractivity contribution in [1.29, 1.82) is 0 Å². The maximum absolute atomic E-state index is 10.6. The molecule has 0 aliphatic carbocycles. The second-order valence-corrected chi connectivity index (χ2v) is 4.49. The number of hydrogen-bond acceptors (Lipinski definition) is 4. The van der Waals surface area contributed by atoms with Crippen LogP contribution in [-0.4, -0.2) is 22.9 Å². The van der Waals surface area contributed by atoms with Gasteiger partial charge in [0.1, 0.15) is 0 Å². The Balaban J connectivity index is 2.13. The van der Waals surface area contributed by atoms with Crippen molar-refractivity contribution < 1.29 is 4.92 Å². The molecule has 2 rings (SSSR count). The number of nitro groups is 1. The first-order valence-electron chi connectivity index (χ1n) is 6.05. The molecule has 0 bridgehead atoms. The van der Waals surface area contributed by atoms with Crippen molar-refractivity contribution in [3.05, 3.63) is 57.5 Å². The zero-order valence-corrected chi connectivity index (χ0v) is 10.4. The summed E-state index contributed by atoms with van der Waals surface area (Å²) < 4.78 is 0. The quantitative estimate of drug-likeness (QED) is 0.654. The highest BCUT2D eigenvalue weighted by atomic mass is 16.6. The van der Waals surface area contributed by atoms with Gasteiger partial charge in [0.15, 0.2) is 5.82 Å². The molecule has 0 unspecified atom stereocenters. The molecule has 1 fully saturated rings. The fraction of sp³-hybridized carbons (Fsp3) is 0.385. The first-order valence-corrected chi connectivity index (χ1v) is 6.05. The Kier molecular flexibility index (Phi) is 3.82. The zero-order valence-electron chi connectivity index (χ0n) is 10.4. The van der Waals surface area contributed by atoms with Gasteiger partial charge in [-0.3, -0.25) is 10.1 Å². The largest absolute Gasteiger partial charge is 0.367 e. The van der Waals surface area contributed by atoms with Crippen LogP contribution in [0.2, 0.25) is 0 Å². The minimum atomic E-state index is -0.406. The van der Waals surface area contributed by atoms with Gasteiger partial charge in [0.05, 0.1) is 4.92 Å². The van der Waals surface area contributed by atoms with Gasteiger partial charge in [0.25, 0.3) is 6.20 Å². The fourth-order valence-corrected chi connectivity index (χ4v) is 2.14. The zero-order chi connectivity index (χ0) is 13.0. The molecule has 0 saturated carbocycles. The monoisotopic (exact) mass is 247 g/mol. The lowest BCUT2D eigenvalue weighted by atomic mass is 10.1. The maximum Gasteiger partial charge on any atom is 0.274 e. The summed E-state index contributed by atoms with van der Waals surface area (Å²) in [6, 6.07) is 8.22. The molecule has 18 heavy (non-hydrogen) atoms. The van der Waals surface area contributed by atoms with Crippen molar-refractivity contribution in [3.8, 4) is 0 Å². The number of hydrogen-bond donors (Lipinski definition) is 1. The van der Waals surface area contributed by atoms with Gasteiger partial charge in [-0.05, 0) is 18.9 Å². The van der Waals surface area contributed by atoms with Crippen LogP contribution in [0.1, 0.15) is 17.5 Å².